The van der Waals surface area contributed by atoms with E-state index in [-0.39, 0.29) is 18.0 Å². The lowest BCUT2D eigenvalue weighted by atomic mass is 9.84. The molecule has 0 aliphatic heterocycles. The first-order chi connectivity index (χ1) is 8.15. The van der Waals surface area contributed by atoms with E-state index in [2.05, 4.69) is 12.2 Å². The van der Waals surface area contributed by atoms with Gasteiger partial charge in [-0.3, -0.25) is 4.79 Å². The largest absolute Gasteiger partial charge is 0.352 e. The second kappa shape index (κ2) is 7.98. The van der Waals surface area contributed by atoms with Gasteiger partial charge in [-0.25, -0.2) is 0 Å². The van der Waals surface area contributed by atoms with Gasteiger partial charge in [-0.2, -0.15) is 11.8 Å². The number of hydrogen-bond acceptors (Lipinski definition) is 3. The molecule has 0 radical (unpaired) electrons. The van der Waals surface area contributed by atoms with Crippen LogP contribution in [0.25, 0.3) is 0 Å². The highest BCUT2D eigenvalue weighted by Gasteiger charge is 2.23. The van der Waals surface area contributed by atoms with Crippen LogP contribution in [0.15, 0.2) is 0 Å². The Morgan fingerprint density at radius 1 is 1.41 bits per heavy atom. The number of carbonyl (C=O) groups is 1. The van der Waals surface area contributed by atoms with Crippen molar-refractivity contribution in [2.75, 3.05) is 12.0 Å². The Bertz CT molecular complexity index is 229. The third-order valence-electron chi connectivity index (χ3n) is 3.70. The Balaban J connectivity index is 2.28. The average molecular weight is 258 g/mol. The summed E-state index contributed by atoms with van der Waals surface area (Å²) in [5, 5.41) is 3.09. The number of rotatable bonds is 6. The Kier molecular flexibility index (Phi) is 6.97. The molecule has 1 aliphatic rings. The van der Waals surface area contributed by atoms with Crippen LogP contribution in [0.1, 0.15) is 45.4 Å². The number of thioether (sulfide) groups is 1. The molecule has 0 spiro atoms. The van der Waals surface area contributed by atoms with Crippen molar-refractivity contribution in [3.8, 4) is 0 Å². The third-order valence-corrected chi connectivity index (χ3v) is 4.34. The molecule has 0 aromatic heterocycles. The fraction of sp³-hybridized carbons (Fsp3) is 0.923. The van der Waals surface area contributed by atoms with E-state index >= 15 is 0 Å². The van der Waals surface area contributed by atoms with Crippen LogP contribution in [0.4, 0.5) is 0 Å². The molecule has 0 aromatic rings. The minimum absolute atomic E-state index is 0.0251. The molecule has 1 fully saturated rings. The fourth-order valence-electron chi connectivity index (χ4n) is 2.46. The molecule has 0 heterocycles. The number of nitrogens with two attached hydrogens (primary N) is 1. The van der Waals surface area contributed by atoms with Gasteiger partial charge in [0.15, 0.2) is 0 Å². The molecule has 17 heavy (non-hydrogen) atoms. The summed E-state index contributed by atoms with van der Waals surface area (Å²) in [4.78, 5) is 11.9. The maximum atomic E-state index is 11.9. The van der Waals surface area contributed by atoms with Gasteiger partial charge in [-0.1, -0.05) is 19.3 Å². The zero-order chi connectivity index (χ0) is 12.7. The molecule has 1 amide bonds. The predicted molar refractivity (Wildman–Crippen MR) is 75.2 cm³/mol. The molecule has 3 N–H and O–H groups in total. The zero-order valence-electron chi connectivity index (χ0n) is 11.1. The second-order valence-electron chi connectivity index (χ2n) is 5.08. The molecular weight excluding hydrogens is 232 g/mol. The molecule has 1 aliphatic carbocycles. The lowest BCUT2D eigenvalue weighted by Crippen LogP contribution is -2.47. The summed E-state index contributed by atoms with van der Waals surface area (Å²) in [7, 11) is 0. The van der Waals surface area contributed by atoms with Crippen LogP contribution >= 0.6 is 11.8 Å². The van der Waals surface area contributed by atoms with E-state index in [9.17, 15) is 4.79 Å². The van der Waals surface area contributed by atoms with Crippen LogP contribution in [0.2, 0.25) is 0 Å². The van der Waals surface area contributed by atoms with Crippen LogP contribution in [0, 0.1) is 5.92 Å². The van der Waals surface area contributed by atoms with Crippen LogP contribution in [-0.2, 0) is 4.79 Å². The summed E-state index contributed by atoms with van der Waals surface area (Å²) in [6, 6.07) is -0.0587. The lowest BCUT2D eigenvalue weighted by Gasteiger charge is -2.29. The Labute approximate surface area is 109 Å². The first-order valence-corrected chi connectivity index (χ1v) is 8.09. The van der Waals surface area contributed by atoms with E-state index in [4.69, 9.17) is 5.73 Å². The molecule has 4 heteroatoms. The summed E-state index contributed by atoms with van der Waals surface area (Å²) in [6.07, 6.45) is 9.28. The van der Waals surface area contributed by atoms with Crippen LogP contribution in [0.5, 0.6) is 0 Å². The molecule has 0 saturated heterocycles. The number of nitrogens with one attached hydrogen (secondary N) is 1. The van der Waals surface area contributed by atoms with Gasteiger partial charge in [0.1, 0.15) is 0 Å². The standard InChI is InChI=1S/C13H26N2OS/c1-10(11-6-4-3-5-7-11)15-13(16)12(14)8-9-17-2/h10-12H,3-9,14H2,1-2H3,(H,15,16)/t10-,12-/m1/s1. The first-order valence-electron chi connectivity index (χ1n) is 6.70. The minimum atomic E-state index is -0.339. The van der Waals surface area contributed by atoms with Crippen molar-refractivity contribution in [2.24, 2.45) is 11.7 Å². The van der Waals surface area contributed by atoms with Crippen molar-refractivity contribution < 1.29 is 4.79 Å². The van der Waals surface area contributed by atoms with Gasteiger partial charge in [0.25, 0.3) is 0 Å². The summed E-state index contributed by atoms with van der Waals surface area (Å²) in [5.41, 5.74) is 5.86. The first kappa shape index (κ1) is 14.8. The Morgan fingerprint density at radius 2 is 2.06 bits per heavy atom. The van der Waals surface area contributed by atoms with Crippen molar-refractivity contribution in [3.63, 3.8) is 0 Å². The molecule has 1 saturated carbocycles. The minimum Gasteiger partial charge on any atom is -0.352 e. The van der Waals surface area contributed by atoms with Crippen molar-refractivity contribution >= 4 is 17.7 Å². The van der Waals surface area contributed by atoms with E-state index in [1.807, 2.05) is 6.26 Å². The molecular formula is C13H26N2OS. The Hall–Kier alpha value is -0.220. The molecule has 0 aromatic carbocycles. The van der Waals surface area contributed by atoms with Crippen molar-refractivity contribution in [1.29, 1.82) is 0 Å². The number of hydrogen-bond donors (Lipinski definition) is 2. The van der Waals surface area contributed by atoms with Gasteiger partial charge in [0, 0.05) is 6.04 Å². The van der Waals surface area contributed by atoms with Crippen molar-refractivity contribution in [3.05, 3.63) is 0 Å². The van der Waals surface area contributed by atoms with Gasteiger partial charge in [0.05, 0.1) is 6.04 Å². The van der Waals surface area contributed by atoms with E-state index in [1.54, 1.807) is 11.8 Å². The van der Waals surface area contributed by atoms with E-state index in [1.165, 1.54) is 32.1 Å². The van der Waals surface area contributed by atoms with Crippen LogP contribution < -0.4 is 11.1 Å². The average Bonchev–Trinajstić information content (AvgIpc) is 2.36. The predicted octanol–water partition coefficient (Wildman–Crippen LogP) is 2.15. The maximum Gasteiger partial charge on any atom is 0.237 e. The van der Waals surface area contributed by atoms with E-state index < -0.39 is 0 Å². The molecule has 0 unspecified atom stereocenters. The highest BCUT2D eigenvalue weighted by molar-refractivity contribution is 7.98. The van der Waals surface area contributed by atoms with Gasteiger partial charge >= 0.3 is 0 Å². The third kappa shape index (κ3) is 5.30. The molecule has 1 rings (SSSR count). The van der Waals surface area contributed by atoms with Gasteiger partial charge in [-0.15, -0.1) is 0 Å². The molecule has 3 nitrogen and oxygen atoms in total. The second-order valence-corrected chi connectivity index (χ2v) is 6.07. The van der Waals surface area contributed by atoms with Crippen molar-refractivity contribution in [1.82, 2.24) is 5.32 Å². The quantitative estimate of drug-likeness (QED) is 0.767. The van der Waals surface area contributed by atoms with Gasteiger partial charge in [0.2, 0.25) is 5.91 Å². The van der Waals surface area contributed by atoms with E-state index in [0.717, 1.165) is 12.2 Å². The lowest BCUT2D eigenvalue weighted by molar-refractivity contribution is -0.123. The summed E-state index contributed by atoms with van der Waals surface area (Å²) in [5.74, 6) is 1.63. The zero-order valence-corrected chi connectivity index (χ0v) is 11.9. The highest BCUT2D eigenvalue weighted by Crippen LogP contribution is 2.26. The fourth-order valence-corrected chi connectivity index (χ4v) is 2.95. The summed E-state index contributed by atoms with van der Waals surface area (Å²) in [6.45, 7) is 2.12. The SMILES string of the molecule is CSCC[C@@H](N)C(=O)N[C@H](C)C1CCCCC1. The molecule has 100 valence electrons. The Morgan fingerprint density at radius 3 is 2.65 bits per heavy atom. The molecule has 0 bridgehead atoms. The monoisotopic (exact) mass is 258 g/mol. The molecule has 2 atom stereocenters. The summed E-state index contributed by atoms with van der Waals surface area (Å²) >= 11 is 1.73. The van der Waals surface area contributed by atoms with Crippen LogP contribution in [-0.4, -0.2) is 30.0 Å². The highest BCUT2D eigenvalue weighted by atomic mass is 32.2. The number of amides is 1. The normalized spacial score (nSPS) is 20.9. The maximum absolute atomic E-state index is 11.9. The van der Waals surface area contributed by atoms with E-state index in [0.29, 0.717) is 5.92 Å². The van der Waals surface area contributed by atoms with Gasteiger partial charge < -0.3 is 11.1 Å². The smallest absolute Gasteiger partial charge is 0.237 e. The van der Waals surface area contributed by atoms with Gasteiger partial charge in [-0.05, 0) is 44.1 Å². The topological polar surface area (TPSA) is 55.1 Å². The van der Waals surface area contributed by atoms with Crippen LogP contribution in [0.3, 0.4) is 0 Å². The summed E-state index contributed by atoms with van der Waals surface area (Å²) < 4.78 is 0. The van der Waals surface area contributed by atoms with Crippen molar-refractivity contribution in [2.45, 2.75) is 57.5 Å². The number of carbonyl (C=O) groups excluding carboxylic acids is 1.